The highest BCUT2D eigenvalue weighted by Crippen LogP contribution is 2.25. The molecule has 1 saturated heterocycles. The summed E-state index contributed by atoms with van der Waals surface area (Å²) in [4.78, 5) is 10.9. The van der Waals surface area contributed by atoms with Crippen molar-refractivity contribution >= 4 is 47.4 Å². The lowest BCUT2D eigenvalue weighted by Gasteiger charge is -2.20. The average Bonchev–Trinajstić information content (AvgIpc) is 3.21. The van der Waals surface area contributed by atoms with Crippen LogP contribution in [0.2, 0.25) is 5.02 Å². The van der Waals surface area contributed by atoms with E-state index < -0.39 is 0 Å². The summed E-state index contributed by atoms with van der Waals surface area (Å²) in [6, 6.07) is 6.02. The van der Waals surface area contributed by atoms with E-state index >= 15 is 0 Å². The van der Waals surface area contributed by atoms with Crippen LogP contribution in [0.3, 0.4) is 0 Å². The van der Waals surface area contributed by atoms with Gasteiger partial charge in [0.05, 0.1) is 17.3 Å². The fourth-order valence-electron chi connectivity index (χ4n) is 2.82. The van der Waals surface area contributed by atoms with Gasteiger partial charge in [-0.1, -0.05) is 11.6 Å². The minimum absolute atomic E-state index is 0. The Labute approximate surface area is 169 Å². The maximum absolute atomic E-state index is 6.24. The molecule has 0 aliphatic carbocycles. The van der Waals surface area contributed by atoms with Gasteiger partial charge in [-0.15, -0.1) is 24.0 Å². The Bertz CT molecular complexity index is 718. The van der Waals surface area contributed by atoms with Crippen LogP contribution in [0.4, 0.5) is 5.82 Å². The van der Waals surface area contributed by atoms with Crippen molar-refractivity contribution in [3.63, 3.8) is 0 Å². The van der Waals surface area contributed by atoms with Crippen LogP contribution in [0.25, 0.3) is 0 Å². The molecule has 9 heteroatoms. The van der Waals surface area contributed by atoms with Gasteiger partial charge in [0.2, 0.25) is 0 Å². The van der Waals surface area contributed by atoms with Crippen LogP contribution in [0.1, 0.15) is 12.1 Å². The van der Waals surface area contributed by atoms with E-state index in [1.54, 1.807) is 19.4 Å². The second-order valence-electron chi connectivity index (χ2n) is 5.76. The third kappa shape index (κ3) is 4.97. The van der Waals surface area contributed by atoms with Crippen molar-refractivity contribution < 1.29 is 0 Å². The Morgan fingerprint density at radius 1 is 1.40 bits per heavy atom. The molecule has 136 valence electrons. The minimum atomic E-state index is 0. The van der Waals surface area contributed by atoms with E-state index in [2.05, 4.69) is 30.6 Å². The molecular formula is C16H23ClIN7. The molecule has 25 heavy (non-hydrogen) atoms. The van der Waals surface area contributed by atoms with E-state index in [4.69, 9.17) is 11.6 Å². The van der Waals surface area contributed by atoms with Crippen LogP contribution in [0.5, 0.6) is 0 Å². The smallest absolute Gasteiger partial charge is 0.191 e. The molecule has 3 heterocycles. The van der Waals surface area contributed by atoms with Gasteiger partial charge in [0.15, 0.2) is 5.96 Å². The van der Waals surface area contributed by atoms with Gasteiger partial charge in [-0.25, -0.2) is 4.98 Å². The summed E-state index contributed by atoms with van der Waals surface area (Å²) >= 11 is 6.24. The topological polar surface area (TPSA) is 70.4 Å². The molecule has 7 nitrogen and oxygen atoms in total. The van der Waals surface area contributed by atoms with Crippen LogP contribution >= 0.6 is 35.6 Å². The zero-order valence-corrected chi connectivity index (χ0v) is 17.4. The first kappa shape index (κ1) is 19.8. The first-order valence-electron chi connectivity index (χ1n) is 7.97. The van der Waals surface area contributed by atoms with Crippen molar-refractivity contribution in [1.82, 2.24) is 25.4 Å². The first-order chi connectivity index (χ1) is 11.7. The third-order valence-corrected chi connectivity index (χ3v) is 4.45. The predicted molar refractivity (Wildman–Crippen MR) is 112 cm³/mol. The fourth-order valence-corrected chi connectivity index (χ4v) is 3.06. The number of aromatic nitrogens is 3. The van der Waals surface area contributed by atoms with Crippen LogP contribution in [0, 0.1) is 0 Å². The number of anilines is 1. The quantitative estimate of drug-likeness (QED) is 0.402. The highest BCUT2D eigenvalue weighted by Gasteiger charge is 2.25. The molecule has 1 aliphatic heterocycles. The Morgan fingerprint density at radius 3 is 2.92 bits per heavy atom. The van der Waals surface area contributed by atoms with Crippen LogP contribution < -0.4 is 15.5 Å². The Hall–Kier alpha value is -1.55. The molecule has 1 aliphatic rings. The van der Waals surface area contributed by atoms with E-state index in [1.807, 2.05) is 29.9 Å². The molecule has 2 N–H and O–H groups in total. The average molecular weight is 476 g/mol. The largest absolute Gasteiger partial charge is 0.353 e. The van der Waals surface area contributed by atoms with Crippen LogP contribution in [0.15, 0.2) is 35.6 Å². The summed E-state index contributed by atoms with van der Waals surface area (Å²) in [6.45, 7) is 2.45. The molecule has 0 spiro atoms. The number of guanidine groups is 1. The SMILES string of the molecule is CN=C(NCc1ccnn1C)NC1CCN(c2ncccc2Cl)C1.I. The second kappa shape index (κ2) is 9.23. The number of pyridine rings is 1. The molecule has 0 saturated carbocycles. The van der Waals surface area contributed by atoms with E-state index in [1.165, 1.54) is 0 Å². The maximum atomic E-state index is 6.24. The van der Waals surface area contributed by atoms with Gasteiger partial charge in [0, 0.05) is 45.6 Å². The highest BCUT2D eigenvalue weighted by atomic mass is 127. The Kier molecular flexibility index (Phi) is 7.30. The zero-order chi connectivity index (χ0) is 16.9. The summed E-state index contributed by atoms with van der Waals surface area (Å²) in [6.07, 6.45) is 4.58. The Balaban J connectivity index is 0.00000225. The summed E-state index contributed by atoms with van der Waals surface area (Å²) < 4.78 is 1.85. The van der Waals surface area contributed by atoms with Crippen LogP contribution in [-0.4, -0.2) is 46.9 Å². The molecule has 0 aromatic carbocycles. The lowest BCUT2D eigenvalue weighted by atomic mass is 10.3. The van der Waals surface area contributed by atoms with Gasteiger partial charge in [-0.3, -0.25) is 9.67 Å². The van der Waals surface area contributed by atoms with Crippen molar-refractivity contribution in [1.29, 1.82) is 0 Å². The van der Waals surface area contributed by atoms with Crippen molar-refractivity contribution in [3.05, 3.63) is 41.3 Å². The maximum Gasteiger partial charge on any atom is 0.191 e. The number of nitrogens with one attached hydrogen (secondary N) is 2. The molecule has 0 amide bonds. The van der Waals surface area contributed by atoms with Gasteiger partial charge in [0.1, 0.15) is 5.82 Å². The lowest BCUT2D eigenvalue weighted by Crippen LogP contribution is -2.44. The second-order valence-corrected chi connectivity index (χ2v) is 6.16. The van der Waals surface area contributed by atoms with Gasteiger partial charge in [-0.2, -0.15) is 5.10 Å². The van der Waals surface area contributed by atoms with Crippen molar-refractivity contribution in [3.8, 4) is 0 Å². The van der Waals surface area contributed by atoms with Gasteiger partial charge in [0.25, 0.3) is 0 Å². The van der Waals surface area contributed by atoms with Crippen molar-refractivity contribution in [2.45, 2.75) is 19.0 Å². The minimum Gasteiger partial charge on any atom is -0.353 e. The number of aliphatic imine (C=N–C) groups is 1. The highest BCUT2D eigenvalue weighted by molar-refractivity contribution is 14.0. The van der Waals surface area contributed by atoms with Gasteiger partial charge < -0.3 is 15.5 Å². The lowest BCUT2D eigenvalue weighted by molar-refractivity contribution is 0.636. The standard InChI is InChI=1S/C16H22ClN7.HI/c1-18-16(20-10-13-5-8-21-23(13)2)22-12-6-9-24(11-12)15-14(17)4-3-7-19-15;/h3-5,7-8,12H,6,9-11H2,1-2H3,(H2,18,20,22);1H. The van der Waals surface area contributed by atoms with Crippen molar-refractivity contribution in [2.75, 3.05) is 25.0 Å². The number of hydrogen-bond donors (Lipinski definition) is 2. The number of rotatable bonds is 4. The summed E-state index contributed by atoms with van der Waals surface area (Å²) in [5.41, 5.74) is 1.10. The normalized spacial score (nSPS) is 17.3. The molecule has 1 unspecified atom stereocenters. The van der Waals surface area contributed by atoms with Crippen molar-refractivity contribution in [2.24, 2.45) is 12.0 Å². The number of aryl methyl sites for hydroxylation is 1. The summed E-state index contributed by atoms with van der Waals surface area (Å²) in [7, 11) is 3.71. The molecule has 1 atom stereocenters. The molecule has 1 fully saturated rings. The number of nitrogens with zero attached hydrogens (tertiary/aromatic N) is 5. The number of halogens is 2. The van der Waals surface area contributed by atoms with E-state index in [0.29, 0.717) is 17.6 Å². The molecular weight excluding hydrogens is 453 g/mol. The summed E-state index contributed by atoms with van der Waals surface area (Å²) in [5, 5.41) is 11.6. The summed E-state index contributed by atoms with van der Waals surface area (Å²) in [5.74, 6) is 1.64. The zero-order valence-electron chi connectivity index (χ0n) is 14.3. The van der Waals surface area contributed by atoms with E-state index in [-0.39, 0.29) is 24.0 Å². The van der Waals surface area contributed by atoms with Gasteiger partial charge in [-0.05, 0) is 24.6 Å². The predicted octanol–water partition coefficient (Wildman–Crippen LogP) is 2.03. The molecule has 2 aromatic rings. The van der Waals surface area contributed by atoms with E-state index in [0.717, 1.165) is 37.0 Å². The molecule has 2 aromatic heterocycles. The van der Waals surface area contributed by atoms with E-state index in [9.17, 15) is 0 Å². The monoisotopic (exact) mass is 475 g/mol. The number of hydrogen-bond acceptors (Lipinski definition) is 4. The van der Waals surface area contributed by atoms with Crippen LogP contribution in [-0.2, 0) is 13.6 Å². The Morgan fingerprint density at radius 2 is 2.24 bits per heavy atom. The fraction of sp³-hybridized carbons (Fsp3) is 0.438. The molecule has 0 radical (unpaired) electrons. The first-order valence-corrected chi connectivity index (χ1v) is 8.34. The third-order valence-electron chi connectivity index (χ3n) is 4.15. The molecule has 0 bridgehead atoms. The van der Waals surface area contributed by atoms with Gasteiger partial charge >= 0.3 is 0 Å². The molecule has 3 rings (SSSR count).